The summed E-state index contributed by atoms with van der Waals surface area (Å²) in [6.07, 6.45) is 1.53. The quantitative estimate of drug-likeness (QED) is 0.864. The maximum absolute atomic E-state index is 11.7. The first-order valence-corrected chi connectivity index (χ1v) is 7.10. The summed E-state index contributed by atoms with van der Waals surface area (Å²) in [5.41, 5.74) is 6.57. The van der Waals surface area contributed by atoms with Crippen molar-refractivity contribution in [1.82, 2.24) is 14.3 Å². The van der Waals surface area contributed by atoms with Crippen molar-refractivity contribution in [2.75, 3.05) is 12.3 Å². The van der Waals surface area contributed by atoms with E-state index in [1.807, 2.05) is 6.92 Å². The zero-order chi connectivity index (χ0) is 13.8. The molecule has 0 aliphatic carbocycles. The summed E-state index contributed by atoms with van der Waals surface area (Å²) in [6.45, 7) is 3.86. The molecule has 0 fully saturated rings. The summed E-state index contributed by atoms with van der Waals surface area (Å²) < 4.78 is 9.75. The summed E-state index contributed by atoms with van der Waals surface area (Å²) in [7, 11) is 0. The van der Waals surface area contributed by atoms with Gasteiger partial charge in [-0.1, -0.05) is 0 Å². The molecule has 0 aliphatic rings. The van der Waals surface area contributed by atoms with E-state index in [-0.39, 0.29) is 0 Å². The van der Waals surface area contributed by atoms with E-state index < -0.39 is 5.97 Å². The lowest BCUT2D eigenvalue weighted by atomic mass is 10.2. The number of nitrogens with zero attached hydrogens (tertiary/aromatic N) is 3. The Morgan fingerprint density at radius 1 is 1.58 bits per heavy atom. The van der Waals surface area contributed by atoms with Crippen LogP contribution in [0.3, 0.4) is 0 Å². The number of ether oxygens (including phenoxy) is 1. The zero-order valence-corrected chi connectivity index (χ0v) is 12.0. The van der Waals surface area contributed by atoms with Crippen LogP contribution in [-0.4, -0.2) is 26.9 Å². The monoisotopic (exact) mass is 296 g/mol. The van der Waals surface area contributed by atoms with Crippen molar-refractivity contribution in [2.45, 2.75) is 23.2 Å². The summed E-state index contributed by atoms with van der Waals surface area (Å²) >= 11 is 2.55. The third kappa shape index (κ3) is 3.21. The number of hydrogen-bond acceptors (Lipinski definition) is 8. The maximum atomic E-state index is 11.7. The second-order valence-electron chi connectivity index (χ2n) is 3.51. The van der Waals surface area contributed by atoms with Gasteiger partial charge < -0.3 is 10.5 Å². The minimum atomic E-state index is -0.447. The molecule has 2 N–H and O–H groups in total. The number of rotatable bonds is 4. The number of carbonyl (C=O) groups is 1. The Balaban J connectivity index is 2.27. The van der Waals surface area contributed by atoms with Gasteiger partial charge in [-0.25, -0.2) is 14.8 Å². The van der Waals surface area contributed by atoms with Gasteiger partial charge in [0.2, 0.25) is 0 Å². The van der Waals surface area contributed by atoms with Crippen LogP contribution < -0.4 is 5.73 Å². The molecule has 2 heterocycles. The molecule has 2 rings (SSSR count). The van der Waals surface area contributed by atoms with E-state index in [9.17, 15) is 4.79 Å². The number of nitrogen functional groups attached to an aromatic ring is 1. The second kappa shape index (κ2) is 5.98. The largest absolute Gasteiger partial charge is 0.462 e. The highest BCUT2D eigenvalue weighted by atomic mass is 32.2. The molecule has 0 saturated carbocycles. The molecule has 6 nitrogen and oxygen atoms in total. The number of aromatic nitrogens is 3. The SMILES string of the molecule is CCOC(=O)c1ccnc(Sc2nc(C)ns2)c1N. The fraction of sp³-hybridized carbons (Fsp3) is 0.273. The van der Waals surface area contributed by atoms with Gasteiger partial charge in [0.15, 0.2) is 4.34 Å². The number of esters is 1. The van der Waals surface area contributed by atoms with Gasteiger partial charge in [-0.15, -0.1) is 0 Å². The van der Waals surface area contributed by atoms with E-state index in [0.29, 0.717) is 28.7 Å². The lowest BCUT2D eigenvalue weighted by Gasteiger charge is -2.07. The number of carbonyl (C=O) groups excluding carboxylic acids is 1. The molecule has 0 amide bonds. The van der Waals surface area contributed by atoms with Crippen molar-refractivity contribution in [3.05, 3.63) is 23.7 Å². The van der Waals surface area contributed by atoms with Crippen LogP contribution >= 0.6 is 23.3 Å². The van der Waals surface area contributed by atoms with E-state index in [2.05, 4.69) is 14.3 Å². The Morgan fingerprint density at radius 3 is 3.00 bits per heavy atom. The molecule has 0 radical (unpaired) electrons. The highest BCUT2D eigenvalue weighted by molar-refractivity contribution is 8.01. The van der Waals surface area contributed by atoms with Crippen LogP contribution in [0.15, 0.2) is 21.6 Å². The Bertz CT molecular complexity index is 600. The molecular formula is C11H12N4O2S2. The van der Waals surface area contributed by atoms with E-state index in [1.165, 1.54) is 29.5 Å². The van der Waals surface area contributed by atoms with Crippen LogP contribution in [0.4, 0.5) is 5.69 Å². The molecule has 100 valence electrons. The molecule has 0 saturated heterocycles. The predicted molar refractivity (Wildman–Crippen MR) is 73.4 cm³/mol. The third-order valence-electron chi connectivity index (χ3n) is 2.14. The molecule has 0 aromatic carbocycles. The Kier molecular flexibility index (Phi) is 4.33. The lowest BCUT2D eigenvalue weighted by Crippen LogP contribution is -2.09. The van der Waals surface area contributed by atoms with Crippen molar-refractivity contribution in [3.8, 4) is 0 Å². The number of nitrogens with two attached hydrogens (primary N) is 1. The highest BCUT2D eigenvalue weighted by Crippen LogP contribution is 2.32. The van der Waals surface area contributed by atoms with Gasteiger partial charge >= 0.3 is 5.97 Å². The topological polar surface area (TPSA) is 91.0 Å². The van der Waals surface area contributed by atoms with E-state index >= 15 is 0 Å². The van der Waals surface area contributed by atoms with Crippen LogP contribution in [0.1, 0.15) is 23.1 Å². The number of aryl methyl sites for hydroxylation is 1. The van der Waals surface area contributed by atoms with Crippen molar-refractivity contribution in [3.63, 3.8) is 0 Å². The average molecular weight is 296 g/mol. The molecular weight excluding hydrogens is 284 g/mol. The predicted octanol–water partition coefficient (Wildman–Crippen LogP) is 2.15. The maximum Gasteiger partial charge on any atom is 0.340 e. The molecule has 0 unspecified atom stereocenters. The van der Waals surface area contributed by atoms with Gasteiger partial charge in [-0.3, -0.25) is 0 Å². The summed E-state index contributed by atoms with van der Waals surface area (Å²) in [5, 5.41) is 0.529. The molecule has 2 aromatic rings. The minimum absolute atomic E-state index is 0.304. The Morgan fingerprint density at radius 2 is 2.37 bits per heavy atom. The molecule has 0 aliphatic heterocycles. The van der Waals surface area contributed by atoms with Crippen LogP contribution in [0.25, 0.3) is 0 Å². The normalized spacial score (nSPS) is 10.4. The van der Waals surface area contributed by atoms with E-state index in [4.69, 9.17) is 10.5 Å². The molecule has 0 atom stereocenters. The van der Waals surface area contributed by atoms with Crippen molar-refractivity contribution in [1.29, 1.82) is 0 Å². The van der Waals surface area contributed by atoms with E-state index in [1.54, 1.807) is 13.0 Å². The summed E-state index contributed by atoms with van der Waals surface area (Å²) in [4.78, 5) is 20.1. The molecule has 0 spiro atoms. The van der Waals surface area contributed by atoms with E-state index in [0.717, 1.165) is 4.34 Å². The van der Waals surface area contributed by atoms with Crippen molar-refractivity contribution < 1.29 is 9.53 Å². The van der Waals surface area contributed by atoms with Crippen LogP contribution in [-0.2, 0) is 4.74 Å². The van der Waals surface area contributed by atoms with Gasteiger partial charge in [0.05, 0.1) is 17.9 Å². The lowest BCUT2D eigenvalue weighted by molar-refractivity contribution is 0.0527. The first-order chi connectivity index (χ1) is 9.11. The van der Waals surface area contributed by atoms with Gasteiger partial charge in [-0.2, -0.15) is 4.37 Å². The van der Waals surface area contributed by atoms with Gasteiger partial charge in [0.1, 0.15) is 10.9 Å². The minimum Gasteiger partial charge on any atom is -0.462 e. The summed E-state index contributed by atoms with van der Waals surface area (Å²) in [5.74, 6) is 0.255. The fourth-order valence-corrected chi connectivity index (χ4v) is 2.92. The third-order valence-corrected chi connectivity index (χ3v) is 4.00. The highest BCUT2D eigenvalue weighted by Gasteiger charge is 2.16. The van der Waals surface area contributed by atoms with Gasteiger partial charge in [-0.05, 0) is 43.2 Å². The molecule has 2 aromatic heterocycles. The van der Waals surface area contributed by atoms with Gasteiger partial charge in [0.25, 0.3) is 0 Å². The Labute approximate surface area is 118 Å². The molecule has 0 bridgehead atoms. The first-order valence-electron chi connectivity index (χ1n) is 5.51. The zero-order valence-electron chi connectivity index (χ0n) is 10.4. The van der Waals surface area contributed by atoms with Crippen molar-refractivity contribution >= 4 is 35.0 Å². The number of hydrogen-bond donors (Lipinski definition) is 1. The van der Waals surface area contributed by atoms with Gasteiger partial charge in [0, 0.05) is 6.20 Å². The number of anilines is 1. The average Bonchev–Trinajstić information content (AvgIpc) is 2.78. The summed E-state index contributed by atoms with van der Waals surface area (Å²) in [6, 6.07) is 1.54. The number of pyridine rings is 1. The second-order valence-corrected chi connectivity index (χ2v) is 5.50. The smallest absolute Gasteiger partial charge is 0.340 e. The van der Waals surface area contributed by atoms with Crippen LogP contribution in [0, 0.1) is 6.92 Å². The first kappa shape index (κ1) is 13.8. The standard InChI is InChI=1S/C11H12N4O2S2/c1-3-17-10(16)7-4-5-13-9(8(7)12)18-11-14-6(2)15-19-11/h4-5H,3,12H2,1-2H3. The van der Waals surface area contributed by atoms with Crippen LogP contribution in [0.2, 0.25) is 0 Å². The molecule has 19 heavy (non-hydrogen) atoms. The fourth-order valence-electron chi connectivity index (χ4n) is 1.32. The van der Waals surface area contributed by atoms with Crippen LogP contribution in [0.5, 0.6) is 0 Å². The Hall–Kier alpha value is -1.67. The molecule has 8 heteroatoms. The van der Waals surface area contributed by atoms with Crippen molar-refractivity contribution in [2.24, 2.45) is 0 Å².